The summed E-state index contributed by atoms with van der Waals surface area (Å²) in [6.45, 7) is 6.18. The first-order chi connectivity index (χ1) is 8.36. The quantitative estimate of drug-likeness (QED) is 0.807. The fraction of sp³-hybridized carbons (Fsp3) is 1.00. The lowest BCUT2D eigenvalue weighted by molar-refractivity contribution is 0.105. The van der Waals surface area contributed by atoms with Gasteiger partial charge in [-0.1, -0.05) is 13.3 Å². The summed E-state index contributed by atoms with van der Waals surface area (Å²) in [5.41, 5.74) is 0. The van der Waals surface area contributed by atoms with E-state index in [2.05, 4.69) is 17.1 Å². The average Bonchev–Trinajstić information content (AvgIpc) is 2.99. The van der Waals surface area contributed by atoms with E-state index in [1.807, 2.05) is 0 Å². The summed E-state index contributed by atoms with van der Waals surface area (Å²) in [7, 11) is 0. The van der Waals surface area contributed by atoms with Crippen LogP contribution in [0.3, 0.4) is 0 Å². The van der Waals surface area contributed by atoms with Crippen LogP contribution in [0.25, 0.3) is 0 Å². The van der Waals surface area contributed by atoms with E-state index in [0.717, 1.165) is 23.9 Å². The number of hydrogen-bond donors (Lipinski definition) is 1. The molecule has 3 unspecified atom stereocenters. The van der Waals surface area contributed by atoms with Crippen molar-refractivity contribution in [1.29, 1.82) is 0 Å². The minimum atomic E-state index is 0.810. The van der Waals surface area contributed by atoms with E-state index < -0.39 is 0 Å². The smallest absolute Gasteiger partial charge is 0.0126 e. The van der Waals surface area contributed by atoms with Crippen molar-refractivity contribution in [2.24, 2.45) is 11.8 Å². The summed E-state index contributed by atoms with van der Waals surface area (Å²) in [4.78, 5) is 2.83. The van der Waals surface area contributed by atoms with E-state index in [1.165, 1.54) is 58.2 Å². The summed E-state index contributed by atoms with van der Waals surface area (Å²) in [5.74, 6) is 2.17. The highest BCUT2D eigenvalue weighted by Gasteiger charge is 2.42. The molecule has 3 rings (SSSR count). The van der Waals surface area contributed by atoms with Gasteiger partial charge in [0.25, 0.3) is 0 Å². The van der Waals surface area contributed by atoms with Crippen molar-refractivity contribution in [2.45, 2.75) is 64.0 Å². The predicted octanol–water partition coefficient (Wildman–Crippen LogP) is 2.64. The van der Waals surface area contributed by atoms with Crippen molar-refractivity contribution < 1.29 is 0 Å². The normalized spacial score (nSPS) is 39.0. The maximum absolute atomic E-state index is 3.69. The van der Waals surface area contributed by atoms with E-state index >= 15 is 0 Å². The van der Waals surface area contributed by atoms with Gasteiger partial charge in [0, 0.05) is 12.1 Å². The van der Waals surface area contributed by atoms with Gasteiger partial charge in [0.05, 0.1) is 0 Å². The molecule has 2 heteroatoms. The number of piperidine rings is 1. The van der Waals surface area contributed by atoms with Crippen LogP contribution < -0.4 is 5.32 Å². The molecule has 0 aromatic carbocycles. The molecule has 2 aliphatic carbocycles. The minimum Gasteiger partial charge on any atom is -0.314 e. The Morgan fingerprint density at radius 3 is 2.47 bits per heavy atom. The molecule has 0 amide bonds. The molecular formula is C15H28N2. The van der Waals surface area contributed by atoms with E-state index in [1.54, 1.807) is 6.42 Å². The minimum absolute atomic E-state index is 0.810. The second-order valence-electron chi connectivity index (χ2n) is 6.51. The Bertz CT molecular complexity index is 245. The van der Waals surface area contributed by atoms with Crippen molar-refractivity contribution in [3.05, 3.63) is 0 Å². The van der Waals surface area contributed by atoms with Crippen LogP contribution in [-0.4, -0.2) is 36.6 Å². The first-order valence-electron chi connectivity index (χ1n) is 7.84. The first-order valence-corrected chi connectivity index (χ1v) is 7.84. The van der Waals surface area contributed by atoms with Crippen LogP contribution >= 0.6 is 0 Å². The lowest BCUT2D eigenvalue weighted by atomic mass is 9.92. The van der Waals surface area contributed by atoms with Crippen molar-refractivity contribution >= 4 is 0 Å². The van der Waals surface area contributed by atoms with Crippen LogP contribution in [0.1, 0.15) is 51.9 Å². The van der Waals surface area contributed by atoms with Gasteiger partial charge in [0.15, 0.2) is 0 Å². The molecule has 1 saturated heterocycles. The fourth-order valence-corrected chi connectivity index (χ4v) is 4.44. The Morgan fingerprint density at radius 2 is 1.88 bits per heavy atom. The van der Waals surface area contributed by atoms with Crippen LogP contribution in [0.4, 0.5) is 0 Å². The lowest BCUT2D eigenvalue weighted by Gasteiger charge is -2.39. The van der Waals surface area contributed by atoms with Gasteiger partial charge < -0.3 is 5.32 Å². The maximum atomic E-state index is 3.69. The molecule has 2 saturated carbocycles. The molecule has 0 aromatic rings. The molecular weight excluding hydrogens is 208 g/mol. The number of likely N-dealkylation sites (tertiary alicyclic amines) is 1. The molecule has 1 heterocycles. The largest absolute Gasteiger partial charge is 0.314 e. The molecule has 3 aliphatic rings. The van der Waals surface area contributed by atoms with Crippen LogP contribution in [0.2, 0.25) is 0 Å². The number of nitrogens with one attached hydrogen (secondary N) is 1. The highest BCUT2D eigenvalue weighted by molar-refractivity contribution is 4.96. The van der Waals surface area contributed by atoms with Crippen LogP contribution in [-0.2, 0) is 0 Å². The number of nitrogens with zero attached hydrogens (tertiary/aromatic N) is 1. The third kappa shape index (κ3) is 2.53. The Morgan fingerprint density at radius 1 is 1.06 bits per heavy atom. The van der Waals surface area contributed by atoms with Gasteiger partial charge in [-0.3, -0.25) is 4.90 Å². The first kappa shape index (κ1) is 12.0. The molecule has 3 atom stereocenters. The standard InChI is InChI=1S/C15H28N2/c1-2-7-16-14-5-8-17(9-6-14)15-11-12-3-4-13(15)10-12/h12-16H,2-11H2,1H3. The van der Waals surface area contributed by atoms with E-state index in [0.29, 0.717) is 0 Å². The van der Waals surface area contributed by atoms with Crippen molar-refractivity contribution in [3.8, 4) is 0 Å². The zero-order valence-corrected chi connectivity index (χ0v) is 11.3. The van der Waals surface area contributed by atoms with Gasteiger partial charge in [-0.25, -0.2) is 0 Å². The zero-order chi connectivity index (χ0) is 11.7. The Balaban J connectivity index is 1.45. The van der Waals surface area contributed by atoms with Crippen molar-refractivity contribution in [3.63, 3.8) is 0 Å². The molecule has 17 heavy (non-hydrogen) atoms. The van der Waals surface area contributed by atoms with Gasteiger partial charge in [0.1, 0.15) is 0 Å². The molecule has 2 nitrogen and oxygen atoms in total. The summed E-state index contributed by atoms with van der Waals surface area (Å²) >= 11 is 0. The maximum Gasteiger partial charge on any atom is 0.0126 e. The van der Waals surface area contributed by atoms with E-state index in [-0.39, 0.29) is 0 Å². The molecule has 1 N–H and O–H groups in total. The Kier molecular flexibility index (Phi) is 3.72. The summed E-state index contributed by atoms with van der Waals surface area (Å²) in [5, 5.41) is 3.69. The van der Waals surface area contributed by atoms with E-state index in [4.69, 9.17) is 0 Å². The van der Waals surface area contributed by atoms with Crippen LogP contribution in [0.15, 0.2) is 0 Å². The van der Waals surface area contributed by atoms with E-state index in [9.17, 15) is 0 Å². The molecule has 3 fully saturated rings. The second kappa shape index (κ2) is 5.27. The monoisotopic (exact) mass is 236 g/mol. The topological polar surface area (TPSA) is 15.3 Å². The zero-order valence-electron chi connectivity index (χ0n) is 11.3. The number of rotatable bonds is 4. The Labute approximate surface area is 106 Å². The average molecular weight is 236 g/mol. The molecule has 0 spiro atoms. The lowest BCUT2D eigenvalue weighted by Crippen LogP contribution is -2.48. The molecule has 2 bridgehead atoms. The summed E-state index contributed by atoms with van der Waals surface area (Å²) < 4.78 is 0. The SMILES string of the molecule is CCCNC1CCN(C2CC3CCC2C3)CC1. The fourth-order valence-electron chi connectivity index (χ4n) is 4.44. The number of hydrogen-bond acceptors (Lipinski definition) is 2. The van der Waals surface area contributed by atoms with Gasteiger partial charge in [-0.05, 0) is 70.0 Å². The third-order valence-corrected chi connectivity index (χ3v) is 5.38. The highest BCUT2D eigenvalue weighted by atomic mass is 15.2. The molecule has 98 valence electrons. The summed E-state index contributed by atoms with van der Waals surface area (Å²) in [6.07, 6.45) is 10.2. The van der Waals surface area contributed by atoms with Gasteiger partial charge in [-0.15, -0.1) is 0 Å². The van der Waals surface area contributed by atoms with Crippen LogP contribution in [0.5, 0.6) is 0 Å². The third-order valence-electron chi connectivity index (χ3n) is 5.38. The predicted molar refractivity (Wildman–Crippen MR) is 72.1 cm³/mol. The van der Waals surface area contributed by atoms with Gasteiger partial charge >= 0.3 is 0 Å². The second-order valence-corrected chi connectivity index (χ2v) is 6.51. The molecule has 0 aromatic heterocycles. The molecule has 0 radical (unpaired) electrons. The number of fused-ring (bicyclic) bond motifs is 2. The van der Waals surface area contributed by atoms with Crippen molar-refractivity contribution in [2.75, 3.05) is 19.6 Å². The Hall–Kier alpha value is -0.0800. The van der Waals surface area contributed by atoms with Crippen LogP contribution in [0, 0.1) is 11.8 Å². The van der Waals surface area contributed by atoms with Gasteiger partial charge in [0.2, 0.25) is 0 Å². The molecule has 1 aliphatic heterocycles. The van der Waals surface area contributed by atoms with Gasteiger partial charge in [-0.2, -0.15) is 0 Å². The van der Waals surface area contributed by atoms with Crippen molar-refractivity contribution in [1.82, 2.24) is 10.2 Å². The summed E-state index contributed by atoms with van der Waals surface area (Å²) in [6, 6.07) is 1.78. The highest BCUT2D eigenvalue weighted by Crippen LogP contribution is 2.47.